The fourth-order valence-corrected chi connectivity index (χ4v) is 2.02. The van der Waals surface area contributed by atoms with Gasteiger partial charge in [0.2, 0.25) is 0 Å². The van der Waals surface area contributed by atoms with Gasteiger partial charge in [0.25, 0.3) is 5.91 Å². The third-order valence-electron chi connectivity index (χ3n) is 2.90. The van der Waals surface area contributed by atoms with E-state index in [1.165, 1.54) is 0 Å². The number of rotatable bonds is 4. The predicted octanol–water partition coefficient (Wildman–Crippen LogP) is 2.45. The lowest BCUT2D eigenvalue weighted by Gasteiger charge is -2.14. The lowest BCUT2D eigenvalue weighted by Crippen LogP contribution is -2.24. The van der Waals surface area contributed by atoms with E-state index in [1.807, 2.05) is 29.2 Å². The van der Waals surface area contributed by atoms with Gasteiger partial charge in [-0.3, -0.25) is 4.79 Å². The molecule has 16 heavy (non-hydrogen) atoms. The highest BCUT2D eigenvalue weighted by molar-refractivity contribution is 5.98. The first kappa shape index (κ1) is 10.8. The highest BCUT2D eigenvalue weighted by Crippen LogP contribution is 2.22. The number of hydrogen-bond donors (Lipinski definition) is 0. The molecule has 0 saturated carbocycles. The van der Waals surface area contributed by atoms with E-state index in [0.29, 0.717) is 0 Å². The maximum absolute atomic E-state index is 11.9. The summed E-state index contributed by atoms with van der Waals surface area (Å²) >= 11 is 0. The smallest absolute Gasteiger partial charge is 0.254 e. The molecule has 2 nitrogen and oxygen atoms in total. The van der Waals surface area contributed by atoms with Crippen molar-refractivity contribution in [2.75, 3.05) is 6.54 Å². The van der Waals surface area contributed by atoms with Crippen LogP contribution in [-0.2, 0) is 6.54 Å². The number of carbonyl (C=O) groups is 1. The Labute approximate surface area is 96.3 Å². The molecule has 0 bridgehead atoms. The molecule has 2 heteroatoms. The van der Waals surface area contributed by atoms with Crippen LogP contribution in [0.4, 0.5) is 0 Å². The predicted molar refractivity (Wildman–Crippen MR) is 63.9 cm³/mol. The maximum Gasteiger partial charge on any atom is 0.254 e. The van der Waals surface area contributed by atoms with Gasteiger partial charge in [-0.05, 0) is 24.5 Å². The first-order valence-electron chi connectivity index (χ1n) is 5.63. The molecule has 82 valence electrons. The summed E-state index contributed by atoms with van der Waals surface area (Å²) < 4.78 is 0. The summed E-state index contributed by atoms with van der Waals surface area (Å²) in [6.07, 6.45) is 7.98. The summed E-state index contributed by atoms with van der Waals surface area (Å²) in [6, 6.07) is 7.82. The quantitative estimate of drug-likeness (QED) is 0.555. The van der Waals surface area contributed by atoms with E-state index in [9.17, 15) is 4.79 Å². The molecule has 1 aromatic carbocycles. The Morgan fingerprint density at radius 1 is 1.31 bits per heavy atom. The zero-order valence-electron chi connectivity index (χ0n) is 9.28. The Kier molecular flexibility index (Phi) is 3.26. The van der Waals surface area contributed by atoms with Crippen LogP contribution in [-0.4, -0.2) is 17.4 Å². The molecule has 0 saturated heterocycles. The van der Waals surface area contributed by atoms with Crippen LogP contribution in [0.25, 0.3) is 0 Å². The molecule has 0 aliphatic carbocycles. The van der Waals surface area contributed by atoms with Gasteiger partial charge >= 0.3 is 0 Å². The average Bonchev–Trinajstić information content (AvgIpc) is 2.63. The molecule has 0 radical (unpaired) electrons. The van der Waals surface area contributed by atoms with E-state index in [1.54, 1.807) is 0 Å². The Hall–Kier alpha value is -1.75. The van der Waals surface area contributed by atoms with Crippen molar-refractivity contribution in [3.8, 4) is 12.3 Å². The van der Waals surface area contributed by atoms with Crippen LogP contribution < -0.4 is 0 Å². The molecule has 1 aliphatic heterocycles. The minimum absolute atomic E-state index is 0.163. The molecule has 0 fully saturated rings. The number of unbranched alkanes of at least 4 members (excludes halogenated alkanes) is 2. The SMILES string of the molecule is C#CCCCCN1Cc2ccccc2C1=O. The minimum Gasteiger partial charge on any atom is -0.334 e. The monoisotopic (exact) mass is 213 g/mol. The normalized spacial score (nSPS) is 13.7. The van der Waals surface area contributed by atoms with Crippen molar-refractivity contribution in [2.24, 2.45) is 0 Å². The molecule has 1 amide bonds. The Morgan fingerprint density at radius 3 is 2.88 bits per heavy atom. The lowest BCUT2D eigenvalue weighted by atomic mass is 10.1. The molecule has 0 aromatic heterocycles. The molecule has 0 N–H and O–H groups in total. The largest absolute Gasteiger partial charge is 0.334 e. The van der Waals surface area contributed by atoms with E-state index in [4.69, 9.17) is 6.42 Å². The number of terminal acetylenes is 1. The number of amides is 1. The molecular formula is C14H15NO. The summed E-state index contributed by atoms with van der Waals surface area (Å²) in [5.74, 6) is 2.78. The van der Waals surface area contributed by atoms with Crippen LogP contribution in [0.15, 0.2) is 24.3 Å². The van der Waals surface area contributed by atoms with Gasteiger partial charge in [-0.25, -0.2) is 0 Å². The van der Waals surface area contributed by atoms with Crippen LogP contribution in [0.5, 0.6) is 0 Å². The highest BCUT2D eigenvalue weighted by Gasteiger charge is 2.25. The van der Waals surface area contributed by atoms with E-state index in [0.717, 1.165) is 43.5 Å². The standard InChI is InChI=1S/C14H15NO/c1-2-3-4-7-10-15-11-12-8-5-6-9-13(12)14(15)16/h1,5-6,8-9H,3-4,7,10-11H2. The first-order valence-corrected chi connectivity index (χ1v) is 5.63. The molecule has 0 atom stereocenters. The zero-order valence-corrected chi connectivity index (χ0v) is 9.28. The minimum atomic E-state index is 0.163. The van der Waals surface area contributed by atoms with Crippen molar-refractivity contribution in [1.82, 2.24) is 4.90 Å². The lowest BCUT2D eigenvalue weighted by molar-refractivity contribution is 0.0776. The van der Waals surface area contributed by atoms with Crippen LogP contribution in [0, 0.1) is 12.3 Å². The summed E-state index contributed by atoms with van der Waals surface area (Å²) in [4.78, 5) is 13.9. The van der Waals surface area contributed by atoms with Crippen molar-refractivity contribution in [1.29, 1.82) is 0 Å². The topological polar surface area (TPSA) is 20.3 Å². The van der Waals surface area contributed by atoms with Crippen molar-refractivity contribution >= 4 is 5.91 Å². The van der Waals surface area contributed by atoms with Gasteiger partial charge < -0.3 is 4.90 Å². The van der Waals surface area contributed by atoms with Crippen molar-refractivity contribution in [3.63, 3.8) is 0 Å². The summed E-state index contributed by atoms with van der Waals surface area (Å²) in [5.41, 5.74) is 2.00. The van der Waals surface area contributed by atoms with Crippen molar-refractivity contribution < 1.29 is 4.79 Å². The van der Waals surface area contributed by atoms with Gasteiger partial charge in [0, 0.05) is 25.1 Å². The second kappa shape index (κ2) is 4.85. The highest BCUT2D eigenvalue weighted by atomic mass is 16.2. The van der Waals surface area contributed by atoms with Crippen LogP contribution in [0.2, 0.25) is 0 Å². The van der Waals surface area contributed by atoms with Gasteiger partial charge in [-0.1, -0.05) is 18.2 Å². The number of fused-ring (bicyclic) bond motifs is 1. The number of hydrogen-bond acceptors (Lipinski definition) is 1. The van der Waals surface area contributed by atoms with Gasteiger partial charge in [-0.15, -0.1) is 12.3 Å². The van der Waals surface area contributed by atoms with Gasteiger partial charge in [0.1, 0.15) is 0 Å². The number of carbonyl (C=O) groups excluding carboxylic acids is 1. The molecule has 0 spiro atoms. The molecule has 2 rings (SSSR count). The fraction of sp³-hybridized carbons (Fsp3) is 0.357. The average molecular weight is 213 g/mol. The first-order chi connectivity index (χ1) is 7.83. The second-order valence-electron chi connectivity index (χ2n) is 4.05. The summed E-state index contributed by atoms with van der Waals surface area (Å²) in [7, 11) is 0. The van der Waals surface area contributed by atoms with Crippen molar-refractivity contribution in [3.05, 3.63) is 35.4 Å². The summed E-state index contributed by atoms with van der Waals surface area (Å²) in [6.45, 7) is 1.57. The third-order valence-corrected chi connectivity index (χ3v) is 2.90. The Bertz CT molecular complexity index is 431. The summed E-state index contributed by atoms with van der Waals surface area (Å²) in [5, 5.41) is 0. The molecule has 1 aliphatic rings. The molecular weight excluding hydrogens is 198 g/mol. The number of benzene rings is 1. The molecule has 1 heterocycles. The zero-order chi connectivity index (χ0) is 11.4. The third kappa shape index (κ3) is 2.09. The van der Waals surface area contributed by atoms with Gasteiger partial charge in [-0.2, -0.15) is 0 Å². The second-order valence-corrected chi connectivity index (χ2v) is 4.05. The Balaban J connectivity index is 1.92. The van der Waals surface area contributed by atoms with Gasteiger partial charge in [0.05, 0.1) is 0 Å². The maximum atomic E-state index is 11.9. The Morgan fingerprint density at radius 2 is 2.12 bits per heavy atom. The van der Waals surface area contributed by atoms with E-state index in [-0.39, 0.29) is 5.91 Å². The fourth-order valence-electron chi connectivity index (χ4n) is 2.02. The van der Waals surface area contributed by atoms with E-state index >= 15 is 0 Å². The van der Waals surface area contributed by atoms with Gasteiger partial charge in [0.15, 0.2) is 0 Å². The van der Waals surface area contributed by atoms with Crippen LogP contribution in [0.3, 0.4) is 0 Å². The molecule has 1 aromatic rings. The van der Waals surface area contributed by atoms with Crippen LogP contribution >= 0.6 is 0 Å². The number of nitrogens with zero attached hydrogens (tertiary/aromatic N) is 1. The molecule has 0 unspecified atom stereocenters. The van der Waals surface area contributed by atoms with E-state index < -0.39 is 0 Å². The van der Waals surface area contributed by atoms with Crippen molar-refractivity contribution in [2.45, 2.75) is 25.8 Å². The van der Waals surface area contributed by atoms with E-state index in [2.05, 4.69) is 5.92 Å². The van der Waals surface area contributed by atoms with Crippen LogP contribution in [0.1, 0.15) is 35.2 Å².